The molecule has 1 unspecified atom stereocenters. The lowest BCUT2D eigenvalue weighted by Gasteiger charge is -2.18. The summed E-state index contributed by atoms with van der Waals surface area (Å²) in [7, 11) is 0. The molecule has 27 heavy (non-hydrogen) atoms. The highest BCUT2D eigenvalue weighted by molar-refractivity contribution is 7.99. The van der Waals surface area contributed by atoms with E-state index in [1.54, 1.807) is 6.33 Å². The van der Waals surface area contributed by atoms with Crippen LogP contribution in [0.25, 0.3) is 0 Å². The van der Waals surface area contributed by atoms with Gasteiger partial charge >= 0.3 is 0 Å². The number of benzene rings is 1. The third-order valence-electron chi connectivity index (χ3n) is 4.58. The Hall–Kier alpha value is -2.35. The zero-order valence-electron chi connectivity index (χ0n) is 15.9. The van der Waals surface area contributed by atoms with E-state index in [1.807, 2.05) is 40.7 Å². The fourth-order valence-electron chi connectivity index (χ4n) is 3.05. The van der Waals surface area contributed by atoms with Gasteiger partial charge in [0.1, 0.15) is 6.33 Å². The van der Waals surface area contributed by atoms with Crippen LogP contribution in [0.1, 0.15) is 51.3 Å². The van der Waals surface area contributed by atoms with E-state index in [1.165, 1.54) is 11.8 Å². The van der Waals surface area contributed by atoms with E-state index >= 15 is 0 Å². The van der Waals surface area contributed by atoms with Gasteiger partial charge in [0.2, 0.25) is 11.8 Å². The summed E-state index contributed by atoms with van der Waals surface area (Å²) in [5, 5.41) is 11.7. The number of carbonyl (C=O) groups excluding carboxylic acids is 2. The Bertz CT molecular complexity index is 803. The smallest absolute Gasteiger partial charge is 0.230 e. The van der Waals surface area contributed by atoms with Gasteiger partial charge in [0.25, 0.3) is 0 Å². The van der Waals surface area contributed by atoms with Gasteiger partial charge in [-0.25, -0.2) is 0 Å². The molecule has 2 heterocycles. The molecule has 1 saturated heterocycles. The molecule has 0 spiro atoms. The Morgan fingerprint density at radius 3 is 2.63 bits per heavy atom. The van der Waals surface area contributed by atoms with Gasteiger partial charge in [-0.2, -0.15) is 0 Å². The van der Waals surface area contributed by atoms with Crippen LogP contribution in [0, 0.1) is 0 Å². The van der Waals surface area contributed by atoms with Crippen LogP contribution in [-0.2, 0) is 9.59 Å². The Labute approximate surface area is 163 Å². The maximum Gasteiger partial charge on any atom is 0.230 e. The van der Waals surface area contributed by atoms with Crippen LogP contribution in [0.4, 0.5) is 5.69 Å². The van der Waals surface area contributed by atoms with Crippen molar-refractivity contribution in [2.24, 2.45) is 0 Å². The van der Waals surface area contributed by atoms with Gasteiger partial charge in [0.05, 0.1) is 11.8 Å². The lowest BCUT2D eigenvalue weighted by Crippen LogP contribution is -2.28. The van der Waals surface area contributed by atoms with Gasteiger partial charge < -0.3 is 14.8 Å². The highest BCUT2D eigenvalue weighted by Gasteiger charge is 2.21. The SMILES string of the molecule is CC(NC(=O)CSc1nncn1C(C)C)c1ccc(N2CCCC2=O)cc1. The normalized spacial score (nSPS) is 15.4. The predicted molar refractivity (Wildman–Crippen MR) is 106 cm³/mol. The zero-order valence-corrected chi connectivity index (χ0v) is 16.7. The summed E-state index contributed by atoms with van der Waals surface area (Å²) < 4.78 is 1.94. The van der Waals surface area contributed by atoms with E-state index in [4.69, 9.17) is 0 Å². The Kier molecular flexibility index (Phi) is 6.15. The van der Waals surface area contributed by atoms with E-state index in [-0.39, 0.29) is 29.7 Å². The monoisotopic (exact) mass is 387 g/mol. The molecule has 1 fully saturated rings. The first-order valence-corrected chi connectivity index (χ1v) is 10.2. The molecular weight excluding hydrogens is 362 g/mol. The number of hydrogen-bond donors (Lipinski definition) is 1. The van der Waals surface area contributed by atoms with Crippen LogP contribution in [0.3, 0.4) is 0 Å². The van der Waals surface area contributed by atoms with Crippen molar-refractivity contribution in [2.45, 2.75) is 50.9 Å². The molecule has 144 valence electrons. The molecule has 2 amide bonds. The summed E-state index contributed by atoms with van der Waals surface area (Å²) in [6.07, 6.45) is 3.21. The summed E-state index contributed by atoms with van der Waals surface area (Å²) in [5.41, 5.74) is 1.93. The van der Waals surface area contributed by atoms with E-state index in [0.29, 0.717) is 6.42 Å². The molecule has 7 nitrogen and oxygen atoms in total. The highest BCUT2D eigenvalue weighted by atomic mass is 32.2. The number of anilines is 1. The Morgan fingerprint density at radius 2 is 2.00 bits per heavy atom. The molecule has 2 aromatic rings. The van der Waals surface area contributed by atoms with Crippen LogP contribution in [0.5, 0.6) is 0 Å². The summed E-state index contributed by atoms with van der Waals surface area (Å²) in [4.78, 5) is 25.9. The van der Waals surface area contributed by atoms with E-state index in [0.717, 1.165) is 29.4 Å². The predicted octanol–water partition coefficient (Wildman–Crippen LogP) is 2.96. The molecule has 1 aromatic carbocycles. The molecule has 0 saturated carbocycles. The van der Waals surface area contributed by atoms with Crippen molar-refractivity contribution in [3.63, 3.8) is 0 Å². The van der Waals surface area contributed by atoms with Gasteiger partial charge in [-0.05, 0) is 44.9 Å². The average Bonchev–Trinajstić information content (AvgIpc) is 3.29. The van der Waals surface area contributed by atoms with Crippen LogP contribution in [0.2, 0.25) is 0 Å². The second-order valence-corrected chi connectivity index (χ2v) is 7.88. The molecule has 0 aliphatic carbocycles. The number of amides is 2. The second kappa shape index (κ2) is 8.56. The van der Waals surface area contributed by atoms with E-state index in [9.17, 15) is 9.59 Å². The van der Waals surface area contributed by atoms with Crippen molar-refractivity contribution in [2.75, 3.05) is 17.2 Å². The number of nitrogens with zero attached hydrogens (tertiary/aromatic N) is 4. The Morgan fingerprint density at radius 1 is 1.26 bits per heavy atom. The number of rotatable bonds is 7. The molecule has 0 bridgehead atoms. The standard InChI is InChI=1S/C19H25N5O2S/c1-13(2)24-12-20-22-19(24)27-11-17(25)21-14(3)15-6-8-16(9-7-15)23-10-4-5-18(23)26/h6-9,12-14H,4-5,10-11H2,1-3H3,(H,21,25). The molecule has 0 radical (unpaired) electrons. The third-order valence-corrected chi connectivity index (χ3v) is 5.54. The summed E-state index contributed by atoms with van der Waals surface area (Å²) in [6.45, 7) is 6.84. The van der Waals surface area contributed by atoms with Gasteiger partial charge in [-0.1, -0.05) is 23.9 Å². The van der Waals surface area contributed by atoms with Crippen molar-refractivity contribution < 1.29 is 9.59 Å². The van der Waals surface area contributed by atoms with Gasteiger partial charge in [-0.3, -0.25) is 9.59 Å². The van der Waals surface area contributed by atoms with Crippen molar-refractivity contribution in [1.82, 2.24) is 20.1 Å². The maximum atomic E-state index is 12.3. The molecule has 1 aliphatic rings. The summed E-state index contributed by atoms with van der Waals surface area (Å²) in [6, 6.07) is 7.97. The molecule has 1 atom stereocenters. The lowest BCUT2D eigenvalue weighted by molar-refractivity contribution is -0.119. The number of thioether (sulfide) groups is 1. The third kappa shape index (κ3) is 4.68. The minimum Gasteiger partial charge on any atom is -0.349 e. The minimum absolute atomic E-state index is 0.0513. The van der Waals surface area contributed by atoms with Crippen LogP contribution in [0.15, 0.2) is 35.7 Å². The van der Waals surface area contributed by atoms with Crippen molar-refractivity contribution in [1.29, 1.82) is 0 Å². The molecule has 1 aromatic heterocycles. The number of nitrogens with one attached hydrogen (secondary N) is 1. The maximum absolute atomic E-state index is 12.3. The van der Waals surface area contributed by atoms with E-state index in [2.05, 4.69) is 29.4 Å². The second-order valence-electron chi connectivity index (χ2n) is 6.93. The van der Waals surface area contributed by atoms with Crippen molar-refractivity contribution >= 4 is 29.3 Å². The molecule has 1 aliphatic heterocycles. The van der Waals surface area contributed by atoms with Crippen molar-refractivity contribution in [3.05, 3.63) is 36.2 Å². The van der Waals surface area contributed by atoms with Crippen molar-refractivity contribution in [3.8, 4) is 0 Å². The topological polar surface area (TPSA) is 80.1 Å². The lowest BCUT2D eigenvalue weighted by atomic mass is 10.1. The number of aromatic nitrogens is 3. The average molecular weight is 388 g/mol. The van der Waals surface area contributed by atoms with E-state index < -0.39 is 0 Å². The number of hydrogen-bond acceptors (Lipinski definition) is 5. The van der Waals surface area contributed by atoms with Gasteiger partial charge in [0, 0.05) is 24.7 Å². The van der Waals surface area contributed by atoms with Crippen LogP contribution >= 0.6 is 11.8 Å². The first-order chi connectivity index (χ1) is 13.0. The largest absolute Gasteiger partial charge is 0.349 e. The fraction of sp³-hybridized carbons (Fsp3) is 0.474. The quantitative estimate of drug-likeness (QED) is 0.739. The molecule has 1 N–H and O–H groups in total. The molecule has 3 rings (SSSR count). The zero-order chi connectivity index (χ0) is 19.4. The molecular formula is C19H25N5O2S. The first-order valence-electron chi connectivity index (χ1n) is 9.17. The van der Waals surface area contributed by atoms with Crippen LogP contribution in [-0.4, -0.2) is 38.9 Å². The van der Waals surface area contributed by atoms with Crippen LogP contribution < -0.4 is 10.2 Å². The fourth-order valence-corrected chi connectivity index (χ4v) is 3.91. The number of carbonyl (C=O) groups is 2. The highest BCUT2D eigenvalue weighted by Crippen LogP contribution is 2.24. The van der Waals surface area contributed by atoms with Gasteiger partial charge in [-0.15, -0.1) is 10.2 Å². The molecule has 8 heteroatoms. The Balaban J connectivity index is 1.53. The van der Waals surface area contributed by atoms with Gasteiger partial charge in [0.15, 0.2) is 5.16 Å². The summed E-state index contributed by atoms with van der Waals surface area (Å²) in [5.74, 6) is 0.413. The first kappa shape index (κ1) is 19.4. The summed E-state index contributed by atoms with van der Waals surface area (Å²) >= 11 is 1.38. The minimum atomic E-state index is -0.107.